The van der Waals surface area contributed by atoms with Crippen LogP contribution in [0.3, 0.4) is 0 Å². The van der Waals surface area contributed by atoms with Crippen molar-refractivity contribution in [3.05, 3.63) is 41.5 Å². The molecular weight excluding hydrogens is 297 g/mol. The van der Waals surface area contributed by atoms with E-state index in [1.807, 2.05) is 0 Å². The minimum atomic E-state index is -0.311. The summed E-state index contributed by atoms with van der Waals surface area (Å²) in [6.07, 6.45) is 2.19. The van der Waals surface area contributed by atoms with Crippen LogP contribution >= 0.6 is 0 Å². The van der Waals surface area contributed by atoms with E-state index in [0.717, 1.165) is 37.3 Å². The van der Waals surface area contributed by atoms with Crippen molar-refractivity contribution < 1.29 is 9.18 Å². The summed E-state index contributed by atoms with van der Waals surface area (Å²) < 4.78 is 14.5. The van der Waals surface area contributed by atoms with Gasteiger partial charge in [0.15, 0.2) is 5.82 Å². The predicted molar refractivity (Wildman–Crippen MR) is 84.6 cm³/mol. The molecule has 0 unspecified atom stereocenters. The average molecular weight is 317 g/mol. The van der Waals surface area contributed by atoms with Crippen LogP contribution in [0, 0.1) is 5.82 Å². The first-order chi connectivity index (χ1) is 11.1. The first-order valence-electron chi connectivity index (χ1n) is 7.78. The van der Waals surface area contributed by atoms with Gasteiger partial charge in [0, 0.05) is 13.0 Å². The molecule has 2 heterocycles. The van der Waals surface area contributed by atoms with Gasteiger partial charge in [0.25, 0.3) is 0 Å². The number of rotatable bonds is 4. The standard InChI is InChI=1S/C16H20FN5O/c1-22-16(20-15(21-22)12-6-8-18-9-7-12)19-14(23)10-11-2-4-13(17)5-3-11/h2-5,12,18H,6-10H2,1H3,(H,19,20,21,23). The summed E-state index contributed by atoms with van der Waals surface area (Å²) in [6, 6.07) is 5.90. The van der Waals surface area contributed by atoms with Crippen LogP contribution in [0.1, 0.15) is 30.1 Å². The molecule has 2 aromatic rings. The number of carbonyl (C=O) groups is 1. The third-order valence-electron chi connectivity index (χ3n) is 4.01. The lowest BCUT2D eigenvalue weighted by Crippen LogP contribution is -2.27. The number of carbonyl (C=O) groups excluding carboxylic acids is 1. The van der Waals surface area contributed by atoms with Gasteiger partial charge in [-0.2, -0.15) is 10.1 Å². The lowest BCUT2D eigenvalue weighted by molar-refractivity contribution is -0.115. The molecule has 0 atom stereocenters. The molecule has 0 radical (unpaired) electrons. The zero-order valence-electron chi connectivity index (χ0n) is 13.1. The van der Waals surface area contributed by atoms with Gasteiger partial charge in [-0.15, -0.1) is 0 Å². The summed E-state index contributed by atoms with van der Waals surface area (Å²) in [5, 5.41) is 10.5. The highest BCUT2D eigenvalue weighted by atomic mass is 19.1. The second-order valence-corrected chi connectivity index (χ2v) is 5.79. The number of hydrogen-bond donors (Lipinski definition) is 2. The van der Waals surface area contributed by atoms with E-state index in [9.17, 15) is 9.18 Å². The number of piperidine rings is 1. The molecule has 0 saturated carbocycles. The van der Waals surface area contributed by atoms with E-state index in [2.05, 4.69) is 20.7 Å². The summed E-state index contributed by atoms with van der Waals surface area (Å²) in [6.45, 7) is 1.93. The number of nitrogens with one attached hydrogen (secondary N) is 2. The van der Waals surface area contributed by atoms with E-state index in [1.54, 1.807) is 23.9 Å². The molecule has 1 aliphatic heterocycles. The Bertz CT molecular complexity index is 676. The summed E-state index contributed by atoms with van der Waals surface area (Å²) in [5.41, 5.74) is 0.754. The monoisotopic (exact) mass is 317 g/mol. The van der Waals surface area contributed by atoms with Crippen LogP contribution < -0.4 is 10.6 Å². The first kappa shape index (κ1) is 15.6. The summed E-state index contributed by atoms with van der Waals surface area (Å²) >= 11 is 0. The fourth-order valence-electron chi connectivity index (χ4n) is 2.72. The highest BCUT2D eigenvalue weighted by Gasteiger charge is 2.21. The molecule has 1 aromatic heterocycles. The van der Waals surface area contributed by atoms with Crippen LogP contribution in [0.15, 0.2) is 24.3 Å². The molecule has 1 fully saturated rings. The van der Waals surface area contributed by atoms with E-state index in [-0.39, 0.29) is 18.1 Å². The largest absolute Gasteiger partial charge is 0.317 e. The third-order valence-corrected chi connectivity index (χ3v) is 4.01. The van der Waals surface area contributed by atoms with Gasteiger partial charge in [-0.25, -0.2) is 9.07 Å². The highest BCUT2D eigenvalue weighted by Crippen LogP contribution is 2.23. The van der Waals surface area contributed by atoms with Crippen LogP contribution in [0.5, 0.6) is 0 Å². The van der Waals surface area contributed by atoms with Crippen LogP contribution in [0.25, 0.3) is 0 Å². The zero-order valence-corrected chi connectivity index (χ0v) is 13.1. The van der Waals surface area contributed by atoms with Crippen molar-refractivity contribution in [2.24, 2.45) is 7.05 Å². The number of amides is 1. The summed E-state index contributed by atoms with van der Waals surface area (Å²) in [5.74, 6) is 1.07. The Morgan fingerprint density at radius 2 is 2.04 bits per heavy atom. The minimum absolute atomic E-state index is 0.176. The lowest BCUT2D eigenvalue weighted by Gasteiger charge is -2.19. The van der Waals surface area contributed by atoms with Gasteiger partial charge in [0.2, 0.25) is 11.9 Å². The van der Waals surface area contributed by atoms with Crippen LogP contribution in [0.2, 0.25) is 0 Å². The average Bonchev–Trinajstić information content (AvgIpc) is 2.91. The lowest BCUT2D eigenvalue weighted by atomic mass is 9.98. The Labute approximate surface area is 134 Å². The Morgan fingerprint density at radius 1 is 1.35 bits per heavy atom. The van der Waals surface area contributed by atoms with Crippen LogP contribution in [-0.2, 0) is 18.3 Å². The molecule has 1 amide bonds. The Kier molecular flexibility index (Phi) is 4.66. The van der Waals surface area contributed by atoms with Crippen molar-refractivity contribution in [3.63, 3.8) is 0 Å². The molecule has 0 spiro atoms. The van der Waals surface area contributed by atoms with E-state index < -0.39 is 0 Å². The quantitative estimate of drug-likeness (QED) is 0.898. The van der Waals surface area contributed by atoms with Crippen LogP contribution in [-0.4, -0.2) is 33.8 Å². The molecular formula is C16H20FN5O. The normalized spacial score (nSPS) is 15.6. The number of hydrogen-bond acceptors (Lipinski definition) is 4. The van der Waals surface area contributed by atoms with Crippen molar-refractivity contribution in [1.29, 1.82) is 0 Å². The zero-order chi connectivity index (χ0) is 16.2. The van der Waals surface area contributed by atoms with Gasteiger partial charge < -0.3 is 5.32 Å². The van der Waals surface area contributed by atoms with Gasteiger partial charge in [0.1, 0.15) is 5.82 Å². The molecule has 23 heavy (non-hydrogen) atoms. The molecule has 6 nitrogen and oxygen atoms in total. The minimum Gasteiger partial charge on any atom is -0.317 e. The topological polar surface area (TPSA) is 71.8 Å². The van der Waals surface area contributed by atoms with Gasteiger partial charge in [0.05, 0.1) is 6.42 Å². The van der Waals surface area contributed by atoms with Gasteiger partial charge in [-0.05, 0) is 43.6 Å². The molecule has 1 saturated heterocycles. The maximum absolute atomic E-state index is 12.9. The molecule has 2 N–H and O–H groups in total. The third kappa shape index (κ3) is 3.92. The van der Waals surface area contributed by atoms with Gasteiger partial charge >= 0.3 is 0 Å². The molecule has 122 valence electrons. The van der Waals surface area contributed by atoms with Crippen LogP contribution in [0.4, 0.5) is 10.3 Å². The number of anilines is 1. The smallest absolute Gasteiger partial charge is 0.231 e. The Morgan fingerprint density at radius 3 is 2.74 bits per heavy atom. The van der Waals surface area contributed by atoms with E-state index in [4.69, 9.17) is 0 Å². The number of halogens is 1. The summed E-state index contributed by atoms with van der Waals surface area (Å²) in [7, 11) is 1.77. The number of benzene rings is 1. The SMILES string of the molecule is Cn1nc(C2CCNCC2)nc1NC(=O)Cc1ccc(F)cc1. The Balaban J connectivity index is 1.63. The summed E-state index contributed by atoms with van der Waals surface area (Å²) in [4.78, 5) is 16.6. The molecule has 1 aliphatic rings. The Hall–Kier alpha value is -2.28. The highest BCUT2D eigenvalue weighted by molar-refractivity contribution is 5.90. The van der Waals surface area contributed by atoms with E-state index in [1.165, 1.54) is 12.1 Å². The molecule has 1 aromatic carbocycles. The second kappa shape index (κ2) is 6.87. The molecule has 0 bridgehead atoms. The molecule has 7 heteroatoms. The fraction of sp³-hybridized carbons (Fsp3) is 0.438. The van der Waals surface area contributed by atoms with Crippen molar-refractivity contribution in [2.75, 3.05) is 18.4 Å². The van der Waals surface area contributed by atoms with Crippen molar-refractivity contribution in [1.82, 2.24) is 20.1 Å². The first-order valence-corrected chi connectivity index (χ1v) is 7.78. The van der Waals surface area contributed by atoms with E-state index in [0.29, 0.717) is 11.9 Å². The predicted octanol–water partition coefficient (Wildman–Crippen LogP) is 1.60. The molecule has 0 aliphatic carbocycles. The van der Waals surface area contributed by atoms with Crippen molar-refractivity contribution in [3.8, 4) is 0 Å². The molecule has 3 rings (SSSR count). The van der Waals surface area contributed by atoms with Crippen molar-refractivity contribution in [2.45, 2.75) is 25.2 Å². The maximum Gasteiger partial charge on any atom is 0.231 e. The van der Waals surface area contributed by atoms with Gasteiger partial charge in [-0.1, -0.05) is 12.1 Å². The number of nitrogens with zero attached hydrogens (tertiary/aromatic N) is 3. The second-order valence-electron chi connectivity index (χ2n) is 5.79. The van der Waals surface area contributed by atoms with Gasteiger partial charge in [-0.3, -0.25) is 10.1 Å². The number of aryl methyl sites for hydroxylation is 1. The number of aromatic nitrogens is 3. The van der Waals surface area contributed by atoms with E-state index >= 15 is 0 Å². The van der Waals surface area contributed by atoms with Crippen molar-refractivity contribution >= 4 is 11.9 Å². The maximum atomic E-state index is 12.9. The fourth-order valence-corrected chi connectivity index (χ4v) is 2.72.